The number of aliphatic hydroxyl groups excluding tert-OH is 1. The van der Waals surface area contributed by atoms with E-state index in [0.717, 1.165) is 5.57 Å². The Labute approximate surface area is 120 Å². The largest absolute Gasteiger partial charge is 0.392 e. The van der Waals surface area contributed by atoms with E-state index < -0.39 is 11.0 Å². The van der Waals surface area contributed by atoms with Crippen molar-refractivity contribution in [3.05, 3.63) is 23.3 Å². The first kappa shape index (κ1) is 15.4. The average molecular weight is 280 g/mol. The fourth-order valence-electron chi connectivity index (χ4n) is 3.53. The molecule has 2 aliphatic carbocycles. The molecule has 0 amide bonds. The van der Waals surface area contributed by atoms with Gasteiger partial charge in [-0.25, -0.2) is 0 Å². The summed E-state index contributed by atoms with van der Waals surface area (Å²) in [6.45, 7) is 5.51. The summed E-state index contributed by atoms with van der Waals surface area (Å²) < 4.78 is 5.36. The van der Waals surface area contributed by atoms with Crippen molar-refractivity contribution >= 4 is 5.78 Å². The molecular formula is C16H24O4. The van der Waals surface area contributed by atoms with Crippen molar-refractivity contribution in [2.75, 3.05) is 13.7 Å². The molecule has 2 N–H and O–H groups in total. The highest BCUT2D eigenvalue weighted by atomic mass is 16.5. The summed E-state index contributed by atoms with van der Waals surface area (Å²) in [6.07, 6.45) is 4.35. The molecule has 1 saturated carbocycles. The Morgan fingerprint density at radius 2 is 2.05 bits per heavy atom. The Morgan fingerprint density at radius 3 is 2.55 bits per heavy atom. The zero-order valence-corrected chi connectivity index (χ0v) is 12.6. The minimum atomic E-state index is -1.39. The maximum Gasteiger partial charge on any atom is 0.169 e. The quantitative estimate of drug-likeness (QED) is 0.754. The third-order valence-corrected chi connectivity index (χ3v) is 4.84. The summed E-state index contributed by atoms with van der Waals surface area (Å²) in [5.41, 5.74) is -0.277. The number of aliphatic hydroxyl groups is 2. The molecule has 4 nitrogen and oxygen atoms in total. The lowest BCUT2D eigenvalue weighted by Gasteiger charge is -2.58. The van der Waals surface area contributed by atoms with Gasteiger partial charge in [0.15, 0.2) is 5.78 Å². The van der Waals surface area contributed by atoms with Crippen LogP contribution in [0, 0.1) is 11.3 Å². The fraction of sp³-hybridized carbons (Fsp3) is 0.688. The highest BCUT2D eigenvalue weighted by Gasteiger charge is 2.64. The van der Waals surface area contributed by atoms with Crippen LogP contribution in [-0.4, -0.2) is 41.4 Å². The van der Waals surface area contributed by atoms with E-state index >= 15 is 0 Å². The van der Waals surface area contributed by atoms with Crippen molar-refractivity contribution in [3.63, 3.8) is 0 Å². The number of hydrogen-bond donors (Lipinski definition) is 2. The molecule has 0 heterocycles. The van der Waals surface area contributed by atoms with Crippen molar-refractivity contribution in [1.29, 1.82) is 0 Å². The van der Waals surface area contributed by atoms with E-state index in [1.165, 1.54) is 0 Å². The number of carbonyl (C=O) groups excluding carboxylic acids is 1. The number of fused-ring (bicyclic) bond motifs is 1. The summed E-state index contributed by atoms with van der Waals surface area (Å²) in [5.74, 6) is -0.476. The standard InChI is InChI=1S/C16H24O4/c1-10-5-12(20-4)7-11(9-17)13-8-15(2,3)16(13,19)14(18)6-10/h5,7,12-13,17,19H,6,8-9H2,1-4H3/t12-,13-,16-/m1/s1. The predicted octanol–water partition coefficient (Wildman–Crippen LogP) is 1.62. The lowest BCUT2D eigenvalue weighted by molar-refractivity contribution is -0.195. The molecule has 4 heteroatoms. The summed E-state index contributed by atoms with van der Waals surface area (Å²) in [6, 6.07) is 0. The Hall–Kier alpha value is -0.970. The van der Waals surface area contributed by atoms with Gasteiger partial charge in [0, 0.05) is 24.9 Å². The molecule has 20 heavy (non-hydrogen) atoms. The maximum absolute atomic E-state index is 12.5. The molecule has 0 aromatic heterocycles. The van der Waals surface area contributed by atoms with Crippen molar-refractivity contribution in [2.24, 2.45) is 11.3 Å². The van der Waals surface area contributed by atoms with Gasteiger partial charge in [0.05, 0.1) is 12.7 Å². The van der Waals surface area contributed by atoms with Gasteiger partial charge < -0.3 is 14.9 Å². The normalized spacial score (nSPS) is 36.8. The SMILES string of the molecule is CO[C@@H]1C=C(C)CC(=O)[C@]2(O)[C@H](CC2(C)C)C(CO)=C1. The molecule has 0 radical (unpaired) electrons. The molecule has 2 rings (SSSR count). The van der Waals surface area contributed by atoms with Crippen molar-refractivity contribution in [3.8, 4) is 0 Å². The molecule has 0 bridgehead atoms. The number of Topliss-reactive ketones (excluding diaryl/α,β-unsaturated/α-hetero) is 1. The highest BCUT2D eigenvalue weighted by molar-refractivity contribution is 5.92. The van der Waals surface area contributed by atoms with E-state index in [1.54, 1.807) is 7.11 Å². The second-order valence-electron chi connectivity index (χ2n) is 6.62. The molecule has 2 aliphatic rings. The van der Waals surface area contributed by atoms with Gasteiger partial charge in [-0.15, -0.1) is 0 Å². The van der Waals surface area contributed by atoms with Gasteiger partial charge in [-0.2, -0.15) is 0 Å². The van der Waals surface area contributed by atoms with Crippen LogP contribution in [0.2, 0.25) is 0 Å². The van der Waals surface area contributed by atoms with Crippen LogP contribution in [0.5, 0.6) is 0 Å². The van der Waals surface area contributed by atoms with E-state index in [0.29, 0.717) is 12.0 Å². The molecule has 0 saturated heterocycles. The molecule has 1 fully saturated rings. The first-order valence-corrected chi connectivity index (χ1v) is 7.03. The van der Waals surface area contributed by atoms with Crippen LogP contribution < -0.4 is 0 Å². The fourth-order valence-corrected chi connectivity index (χ4v) is 3.53. The minimum absolute atomic E-state index is 0.163. The monoisotopic (exact) mass is 280 g/mol. The summed E-state index contributed by atoms with van der Waals surface area (Å²) in [5, 5.41) is 20.6. The van der Waals surface area contributed by atoms with E-state index in [2.05, 4.69) is 0 Å². The maximum atomic E-state index is 12.5. The zero-order valence-electron chi connectivity index (χ0n) is 12.6. The zero-order chi connectivity index (χ0) is 15.1. The van der Waals surface area contributed by atoms with E-state index in [1.807, 2.05) is 32.9 Å². The molecule has 0 aromatic rings. The topological polar surface area (TPSA) is 66.8 Å². The van der Waals surface area contributed by atoms with Crippen LogP contribution in [0.15, 0.2) is 23.3 Å². The molecule has 112 valence electrons. The van der Waals surface area contributed by atoms with Gasteiger partial charge in [-0.05, 0) is 18.9 Å². The van der Waals surface area contributed by atoms with Gasteiger partial charge >= 0.3 is 0 Å². The van der Waals surface area contributed by atoms with Gasteiger partial charge in [0.25, 0.3) is 0 Å². The minimum Gasteiger partial charge on any atom is -0.392 e. The number of rotatable bonds is 2. The number of allylic oxidation sites excluding steroid dienone is 1. The first-order chi connectivity index (χ1) is 9.26. The number of ketones is 1. The number of methoxy groups -OCH3 is 1. The van der Waals surface area contributed by atoms with Crippen LogP contribution in [0.1, 0.15) is 33.6 Å². The van der Waals surface area contributed by atoms with Crippen LogP contribution in [-0.2, 0) is 9.53 Å². The third kappa shape index (κ3) is 2.16. The van der Waals surface area contributed by atoms with E-state index in [9.17, 15) is 15.0 Å². The molecular weight excluding hydrogens is 256 g/mol. The van der Waals surface area contributed by atoms with Crippen LogP contribution in [0.3, 0.4) is 0 Å². The number of carbonyl (C=O) groups is 1. The second kappa shape index (κ2) is 5.10. The number of ether oxygens (including phenoxy) is 1. The lowest BCUT2D eigenvalue weighted by atomic mass is 9.48. The lowest BCUT2D eigenvalue weighted by Crippen LogP contribution is -2.66. The Kier molecular flexibility index (Phi) is 3.93. The van der Waals surface area contributed by atoms with Crippen molar-refractivity contribution in [1.82, 2.24) is 0 Å². The average Bonchev–Trinajstić information content (AvgIpc) is 2.41. The summed E-state index contributed by atoms with van der Waals surface area (Å²) in [4.78, 5) is 12.5. The third-order valence-electron chi connectivity index (χ3n) is 4.84. The Bertz CT molecular complexity index is 475. The van der Waals surface area contributed by atoms with Gasteiger partial charge in [0.2, 0.25) is 0 Å². The smallest absolute Gasteiger partial charge is 0.169 e. The van der Waals surface area contributed by atoms with Crippen LogP contribution >= 0.6 is 0 Å². The van der Waals surface area contributed by atoms with E-state index in [4.69, 9.17) is 4.74 Å². The van der Waals surface area contributed by atoms with Crippen molar-refractivity contribution in [2.45, 2.75) is 45.3 Å². The Balaban J connectivity index is 2.50. The highest BCUT2D eigenvalue weighted by Crippen LogP contribution is 2.57. The van der Waals surface area contributed by atoms with Crippen LogP contribution in [0.25, 0.3) is 0 Å². The predicted molar refractivity (Wildman–Crippen MR) is 76.2 cm³/mol. The van der Waals surface area contributed by atoms with Crippen molar-refractivity contribution < 1.29 is 19.7 Å². The molecule has 3 atom stereocenters. The van der Waals surface area contributed by atoms with Gasteiger partial charge in [-0.3, -0.25) is 4.79 Å². The molecule has 0 aromatic carbocycles. The van der Waals surface area contributed by atoms with Crippen LogP contribution in [0.4, 0.5) is 0 Å². The number of hydrogen-bond acceptors (Lipinski definition) is 4. The molecule has 0 aliphatic heterocycles. The first-order valence-electron chi connectivity index (χ1n) is 7.03. The van der Waals surface area contributed by atoms with Gasteiger partial charge in [-0.1, -0.05) is 31.6 Å². The molecule has 0 spiro atoms. The molecule has 0 unspecified atom stereocenters. The summed E-state index contributed by atoms with van der Waals surface area (Å²) >= 11 is 0. The second-order valence-corrected chi connectivity index (χ2v) is 6.62. The van der Waals surface area contributed by atoms with Gasteiger partial charge in [0.1, 0.15) is 5.60 Å². The summed E-state index contributed by atoms with van der Waals surface area (Å²) in [7, 11) is 1.59. The Morgan fingerprint density at radius 1 is 1.40 bits per heavy atom. The van der Waals surface area contributed by atoms with E-state index in [-0.39, 0.29) is 30.8 Å².